The first-order chi connectivity index (χ1) is 12.5. The third-order valence-corrected chi connectivity index (χ3v) is 5.12. The number of nitrogens with zero attached hydrogens (tertiary/aromatic N) is 3. The summed E-state index contributed by atoms with van der Waals surface area (Å²) in [6.45, 7) is 0. The lowest BCUT2D eigenvalue weighted by molar-refractivity contribution is -0.121. The molecule has 2 aromatic carbocycles. The average molecular weight is 431 g/mol. The van der Waals surface area contributed by atoms with Crippen molar-refractivity contribution in [2.45, 2.75) is 11.7 Å². The predicted octanol–water partition coefficient (Wildman–Crippen LogP) is 3.16. The quantitative estimate of drug-likeness (QED) is 0.349. The molecule has 1 aliphatic rings. The van der Waals surface area contributed by atoms with Gasteiger partial charge in [0.15, 0.2) is 5.17 Å². The first-order valence-corrected chi connectivity index (χ1v) is 9.42. The molecule has 6 nitrogen and oxygen atoms in total. The molecule has 1 aliphatic heterocycles. The number of imide groups is 1. The fourth-order valence-electron chi connectivity index (χ4n) is 2.42. The van der Waals surface area contributed by atoms with Crippen LogP contribution in [0.15, 0.2) is 69.3 Å². The van der Waals surface area contributed by atoms with Gasteiger partial charge in [-0.3, -0.25) is 9.59 Å². The first-order valence-electron chi connectivity index (χ1n) is 7.75. The van der Waals surface area contributed by atoms with Gasteiger partial charge < -0.3 is 5.73 Å². The number of hydrogen-bond donors (Lipinski definition) is 1. The van der Waals surface area contributed by atoms with E-state index < -0.39 is 5.25 Å². The second kappa shape index (κ2) is 8.29. The van der Waals surface area contributed by atoms with Gasteiger partial charge in [-0.15, -0.1) is 5.10 Å². The van der Waals surface area contributed by atoms with Gasteiger partial charge in [0.05, 0.1) is 11.9 Å². The molecule has 3 rings (SSSR count). The van der Waals surface area contributed by atoms with Crippen LogP contribution >= 0.6 is 27.7 Å². The highest BCUT2D eigenvalue weighted by molar-refractivity contribution is 9.10. The molecule has 8 heteroatoms. The fourth-order valence-corrected chi connectivity index (χ4v) is 3.50. The van der Waals surface area contributed by atoms with Gasteiger partial charge >= 0.3 is 0 Å². The Hall–Kier alpha value is -2.45. The van der Waals surface area contributed by atoms with E-state index in [0.29, 0.717) is 5.69 Å². The summed E-state index contributed by atoms with van der Waals surface area (Å²) in [7, 11) is 0. The molecular weight excluding hydrogens is 416 g/mol. The molecule has 0 saturated carbocycles. The molecular formula is C18H15BrN4O2S. The second-order valence-corrected chi connectivity index (χ2v) is 7.59. The molecule has 132 valence electrons. The van der Waals surface area contributed by atoms with E-state index in [1.165, 1.54) is 4.90 Å². The van der Waals surface area contributed by atoms with Gasteiger partial charge in [0, 0.05) is 10.9 Å². The third-order valence-electron chi connectivity index (χ3n) is 3.62. The minimum atomic E-state index is -0.596. The number of thioether (sulfide) groups is 1. The summed E-state index contributed by atoms with van der Waals surface area (Å²) in [5.41, 5.74) is 7.28. The van der Waals surface area contributed by atoms with Gasteiger partial charge in [-0.05, 0) is 29.8 Å². The summed E-state index contributed by atoms with van der Waals surface area (Å²) in [4.78, 5) is 26.0. The molecule has 2 amide bonds. The Balaban J connectivity index is 1.66. The third kappa shape index (κ3) is 4.39. The maximum absolute atomic E-state index is 12.6. The minimum absolute atomic E-state index is 0.0815. The van der Waals surface area contributed by atoms with Crippen LogP contribution in [0.3, 0.4) is 0 Å². The van der Waals surface area contributed by atoms with Gasteiger partial charge in [0.25, 0.3) is 0 Å². The number of hydrogen-bond acceptors (Lipinski definition) is 5. The van der Waals surface area contributed by atoms with Gasteiger partial charge in [-0.2, -0.15) is 5.10 Å². The molecule has 1 fully saturated rings. The van der Waals surface area contributed by atoms with E-state index in [2.05, 4.69) is 26.1 Å². The second-order valence-electron chi connectivity index (χ2n) is 5.45. The number of amides is 2. The van der Waals surface area contributed by atoms with E-state index >= 15 is 0 Å². The highest BCUT2D eigenvalue weighted by Gasteiger charge is 2.40. The van der Waals surface area contributed by atoms with E-state index in [-0.39, 0.29) is 23.4 Å². The van der Waals surface area contributed by atoms with Crippen LogP contribution in [-0.2, 0) is 9.59 Å². The highest BCUT2D eigenvalue weighted by Crippen LogP contribution is 2.30. The van der Waals surface area contributed by atoms with Crippen molar-refractivity contribution in [2.24, 2.45) is 15.9 Å². The molecule has 0 aromatic heterocycles. The zero-order valence-electron chi connectivity index (χ0n) is 13.6. The normalized spacial score (nSPS) is 18.1. The van der Waals surface area contributed by atoms with Crippen LogP contribution in [0.5, 0.6) is 0 Å². The minimum Gasteiger partial charge on any atom is -0.377 e. The topological polar surface area (TPSA) is 88.1 Å². The van der Waals surface area contributed by atoms with Crippen molar-refractivity contribution in [1.82, 2.24) is 0 Å². The lowest BCUT2D eigenvalue weighted by Gasteiger charge is -2.14. The molecule has 2 N–H and O–H groups in total. The van der Waals surface area contributed by atoms with Crippen LogP contribution in [0.2, 0.25) is 0 Å². The Morgan fingerprint density at radius 1 is 1.15 bits per heavy atom. The van der Waals surface area contributed by atoms with Gasteiger partial charge in [0.2, 0.25) is 11.8 Å². The fraction of sp³-hybridized carbons (Fsp3) is 0.111. The van der Waals surface area contributed by atoms with Crippen LogP contribution in [0, 0.1) is 0 Å². The van der Waals surface area contributed by atoms with Crippen molar-refractivity contribution in [3.8, 4) is 0 Å². The average Bonchev–Trinajstić information content (AvgIpc) is 2.90. The number of halogens is 1. The number of nitrogens with two attached hydrogens (primary N) is 1. The van der Waals surface area contributed by atoms with Crippen LogP contribution in [0.4, 0.5) is 5.69 Å². The Bertz CT molecular complexity index is 869. The van der Waals surface area contributed by atoms with Gasteiger partial charge in [0.1, 0.15) is 5.25 Å². The van der Waals surface area contributed by atoms with E-state index in [1.807, 2.05) is 30.3 Å². The van der Waals surface area contributed by atoms with Crippen molar-refractivity contribution in [3.05, 3.63) is 64.6 Å². The number of amidine groups is 1. The summed E-state index contributed by atoms with van der Waals surface area (Å²) < 4.78 is 0.874. The monoisotopic (exact) mass is 430 g/mol. The predicted molar refractivity (Wildman–Crippen MR) is 108 cm³/mol. The summed E-state index contributed by atoms with van der Waals surface area (Å²) in [6.07, 6.45) is 1.65. The van der Waals surface area contributed by atoms with Crippen LogP contribution in [0.25, 0.3) is 0 Å². The molecule has 0 aliphatic carbocycles. The van der Waals surface area contributed by atoms with Crippen molar-refractivity contribution in [3.63, 3.8) is 0 Å². The molecule has 1 unspecified atom stereocenters. The summed E-state index contributed by atoms with van der Waals surface area (Å²) in [6, 6.07) is 16.5. The van der Waals surface area contributed by atoms with Crippen LogP contribution in [0.1, 0.15) is 12.0 Å². The van der Waals surface area contributed by atoms with Crippen LogP contribution in [-0.4, -0.2) is 28.4 Å². The molecule has 1 heterocycles. The number of anilines is 1. The Kier molecular flexibility index (Phi) is 5.85. The van der Waals surface area contributed by atoms with Crippen molar-refractivity contribution in [2.75, 3.05) is 4.90 Å². The number of rotatable bonds is 4. The van der Waals surface area contributed by atoms with Crippen LogP contribution < -0.4 is 10.6 Å². The SMILES string of the molecule is NC(=NN=Cc1ccccc1)SC1CC(=O)N(c2ccc(Br)cc2)C1=O. The number of carbonyl (C=O) groups is 2. The summed E-state index contributed by atoms with van der Waals surface area (Å²) in [5, 5.41) is 7.35. The maximum Gasteiger partial charge on any atom is 0.247 e. The summed E-state index contributed by atoms with van der Waals surface area (Å²) >= 11 is 4.38. The Morgan fingerprint density at radius 2 is 1.85 bits per heavy atom. The molecule has 0 spiro atoms. The Labute approximate surface area is 163 Å². The maximum atomic E-state index is 12.6. The van der Waals surface area contributed by atoms with E-state index in [1.54, 1.807) is 30.5 Å². The largest absolute Gasteiger partial charge is 0.377 e. The molecule has 0 bridgehead atoms. The van der Waals surface area contributed by atoms with Gasteiger partial charge in [-0.1, -0.05) is 58.0 Å². The zero-order valence-corrected chi connectivity index (χ0v) is 16.0. The van der Waals surface area contributed by atoms with Crippen molar-refractivity contribution in [1.29, 1.82) is 0 Å². The van der Waals surface area contributed by atoms with E-state index in [4.69, 9.17) is 5.73 Å². The van der Waals surface area contributed by atoms with Crippen molar-refractivity contribution < 1.29 is 9.59 Å². The lowest BCUT2D eigenvalue weighted by atomic mass is 10.2. The highest BCUT2D eigenvalue weighted by atomic mass is 79.9. The molecule has 1 atom stereocenters. The zero-order chi connectivity index (χ0) is 18.5. The molecule has 0 radical (unpaired) electrons. The molecule has 1 saturated heterocycles. The van der Waals surface area contributed by atoms with E-state index in [0.717, 1.165) is 21.8 Å². The standard InChI is InChI=1S/C18H15BrN4O2S/c19-13-6-8-14(9-7-13)23-16(24)10-15(17(23)25)26-18(20)22-21-11-12-4-2-1-3-5-12/h1-9,11,15H,10H2,(H2,20,22). The number of benzene rings is 2. The van der Waals surface area contributed by atoms with Gasteiger partial charge in [-0.25, -0.2) is 4.90 Å². The summed E-state index contributed by atoms with van der Waals surface area (Å²) in [5.74, 6) is -0.553. The van der Waals surface area contributed by atoms with E-state index in [9.17, 15) is 9.59 Å². The molecule has 26 heavy (non-hydrogen) atoms. The lowest BCUT2D eigenvalue weighted by Crippen LogP contribution is -2.31. The Morgan fingerprint density at radius 3 is 2.54 bits per heavy atom. The first kappa shape index (κ1) is 18.3. The van der Waals surface area contributed by atoms with Crippen molar-refractivity contribution >= 4 is 56.6 Å². The molecule has 2 aromatic rings. The number of carbonyl (C=O) groups excluding carboxylic acids is 2. The smallest absolute Gasteiger partial charge is 0.247 e.